The molecule has 0 bridgehead atoms. The predicted octanol–water partition coefficient (Wildman–Crippen LogP) is 9.71. The number of hydrogen-bond acceptors (Lipinski definition) is 1. The van der Waals surface area contributed by atoms with Crippen LogP contribution in [0.25, 0.3) is 54.2 Å². The van der Waals surface area contributed by atoms with E-state index in [1.165, 1.54) is 54.2 Å². The first-order valence-electron chi connectivity index (χ1n) is 12.0. The van der Waals surface area contributed by atoms with Crippen LogP contribution < -0.4 is 5.32 Å². The van der Waals surface area contributed by atoms with Crippen LogP contribution in [-0.4, -0.2) is 0 Å². The molecule has 0 spiro atoms. The molecular formula is C34H23N. The number of rotatable bonds is 3. The Balaban J connectivity index is 1.29. The van der Waals surface area contributed by atoms with E-state index >= 15 is 0 Å². The van der Waals surface area contributed by atoms with Gasteiger partial charge in [-0.05, 0) is 78.5 Å². The third kappa shape index (κ3) is 3.33. The zero-order chi connectivity index (χ0) is 23.2. The van der Waals surface area contributed by atoms with E-state index in [1.807, 2.05) is 0 Å². The van der Waals surface area contributed by atoms with Crippen molar-refractivity contribution < 1.29 is 0 Å². The minimum Gasteiger partial charge on any atom is -0.356 e. The monoisotopic (exact) mass is 445 g/mol. The first kappa shape index (κ1) is 19.8. The summed E-state index contributed by atoms with van der Waals surface area (Å²) in [5.74, 6) is 0. The average Bonchev–Trinajstić information content (AvgIpc) is 2.93. The Labute approximate surface area is 204 Å². The lowest BCUT2D eigenvalue weighted by Gasteiger charge is -2.13. The molecule has 0 amide bonds. The minimum absolute atomic E-state index is 1.08. The molecule has 0 radical (unpaired) electrons. The van der Waals surface area contributed by atoms with Gasteiger partial charge in [0.1, 0.15) is 0 Å². The molecule has 35 heavy (non-hydrogen) atoms. The fourth-order valence-corrected chi connectivity index (χ4v) is 5.36. The van der Waals surface area contributed by atoms with Gasteiger partial charge in [-0.2, -0.15) is 0 Å². The highest BCUT2D eigenvalue weighted by Gasteiger charge is 2.09. The molecule has 0 saturated heterocycles. The molecule has 0 unspecified atom stereocenters. The summed E-state index contributed by atoms with van der Waals surface area (Å²) in [7, 11) is 0. The Hall–Kier alpha value is -4.62. The van der Waals surface area contributed by atoms with E-state index in [0.717, 1.165) is 11.4 Å². The Morgan fingerprint density at radius 1 is 0.343 bits per heavy atom. The number of hydrogen-bond donors (Lipinski definition) is 1. The summed E-state index contributed by atoms with van der Waals surface area (Å²) in [6.07, 6.45) is 0. The molecular weight excluding hydrogens is 422 g/mol. The summed E-state index contributed by atoms with van der Waals surface area (Å²) in [4.78, 5) is 0. The van der Waals surface area contributed by atoms with Crippen molar-refractivity contribution >= 4 is 54.5 Å². The van der Waals surface area contributed by atoms with E-state index in [0.29, 0.717) is 0 Å². The molecule has 0 aliphatic heterocycles. The maximum atomic E-state index is 3.62. The van der Waals surface area contributed by atoms with Gasteiger partial charge in [0.15, 0.2) is 0 Å². The second-order valence-electron chi connectivity index (χ2n) is 9.08. The Morgan fingerprint density at radius 2 is 0.857 bits per heavy atom. The Bertz CT molecular complexity index is 1820. The van der Waals surface area contributed by atoms with Crippen LogP contribution in [0.3, 0.4) is 0 Å². The first-order chi connectivity index (χ1) is 17.3. The van der Waals surface area contributed by atoms with Crippen molar-refractivity contribution in [2.45, 2.75) is 0 Å². The van der Waals surface area contributed by atoms with Crippen LogP contribution in [0.5, 0.6) is 0 Å². The van der Waals surface area contributed by atoms with Gasteiger partial charge in [-0.3, -0.25) is 0 Å². The lowest BCUT2D eigenvalue weighted by molar-refractivity contribution is 1.56. The normalized spacial score (nSPS) is 11.4. The van der Waals surface area contributed by atoms with Crippen LogP contribution >= 0.6 is 0 Å². The highest BCUT2D eigenvalue weighted by molar-refractivity contribution is 6.25. The summed E-state index contributed by atoms with van der Waals surface area (Å²) in [6, 6.07) is 47.9. The van der Waals surface area contributed by atoms with Gasteiger partial charge < -0.3 is 5.32 Å². The SMILES string of the molecule is c1ccc2c(-c3ccc(Nc4ccc5c6ccccc6c6ccccc6c5c4)cc3)cccc2c1. The van der Waals surface area contributed by atoms with Gasteiger partial charge in [-0.15, -0.1) is 0 Å². The topological polar surface area (TPSA) is 12.0 Å². The molecule has 1 nitrogen and oxygen atoms in total. The molecule has 0 aromatic heterocycles. The molecule has 0 heterocycles. The number of benzene rings is 7. The van der Waals surface area contributed by atoms with Crippen LogP contribution in [0, 0.1) is 0 Å². The molecule has 0 saturated carbocycles. The van der Waals surface area contributed by atoms with Gasteiger partial charge >= 0.3 is 0 Å². The smallest absolute Gasteiger partial charge is 0.0390 e. The maximum Gasteiger partial charge on any atom is 0.0390 e. The fourth-order valence-electron chi connectivity index (χ4n) is 5.36. The van der Waals surface area contributed by atoms with Gasteiger partial charge in [0.2, 0.25) is 0 Å². The van der Waals surface area contributed by atoms with Crippen molar-refractivity contribution in [1.29, 1.82) is 0 Å². The molecule has 164 valence electrons. The lowest BCUT2D eigenvalue weighted by atomic mass is 9.94. The van der Waals surface area contributed by atoms with Gasteiger partial charge in [-0.25, -0.2) is 0 Å². The van der Waals surface area contributed by atoms with Crippen LogP contribution in [0.4, 0.5) is 11.4 Å². The second kappa shape index (κ2) is 8.00. The molecule has 1 heteroatoms. The number of anilines is 2. The van der Waals surface area contributed by atoms with Crippen LogP contribution in [0.2, 0.25) is 0 Å². The fraction of sp³-hybridized carbons (Fsp3) is 0. The molecule has 7 aromatic rings. The Morgan fingerprint density at radius 3 is 1.54 bits per heavy atom. The van der Waals surface area contributed by atoms with E-state index in [1.54, 1.807) is 0 Å². The van der Waals surface area contributed by atoms with Crippen LogP contribution in [0.1, 0.15) is 0 Å². The largest absolute Gasteiger partial charge is 0.356 e. The molecule has 0 atom stereocenters. The van der Waals surface area contributed by atoms with Crippen LogP contribution in [-0.2, 0) is 0 Å². The summed E-state index contributed by atoms with van der Waals surface area (Å²) in [5, 5.41) is 13.9. The second-order valence-corrected chi connectivity index (χ2v) is 9.08. The lowest BCUT2D eigenvalue weighted by Crippen LogP contribution is -1.91. The summed E-state index contributed by atoms with van der Waals surface area (Å²) in [6.45, 7) is 0. The van der Waals surface area contributed by atoms with Crippen molar-refractivity contribution in [3.63, 3.8) is 0 Å². The summed E-state index contributed by atoms with van der Waals surface area (Å²) in [5.41, 5.74) is 4.66. The van der Waals surface area contributed by atoms with E-state index in [4.69, 9.17) is 0 Å². The average molecular weight is 446 g/mol. The van der Waals surface area contributed by atoms with Gasteiger partial charge in [0.05, 0.1) is 0 Å². The maximum absolute atomic E-state index is 3.62. The molecule has 7 rings (SSSR count). The van der Waals surface area contributed by atoms with Crippen molar-refractivity contribution in [1.82, 2.24) is 0 Å². The van der Waals surface area contributed by atoms with Gasteiger partial charge in [-0.1, -0.05) is 109 Å². The molecule has 1 N–H and O–H groups in total. The standard InChI is InChI=1S/C34H23N/c1-2-10-27-23(8-1)9-7-15-28(27)24-16-18-25(19-17-24)35-26-20-21-33-31-13-4-3-11-29(31)30-12-5-6-14-32(30)34(33)22-26/h1-22,35H. The van der Waals surface area contributed by atoms with E-state index in [9.17, 15) is 0 Å². The molecule has 0 aliphatic carbocycles. The highest BCUT2D eigenvalue weighted by Crippen LogP contribution is 2.37. The summed E-state index contributed by atoms with van der Waals surface area (Å²) >= 11 is 0. The molecule has 0 aliphatic rings. The minimum atomic E-state index is 1.08. The molecule has 7 aromatic carbocycles. The predicted molar refractivity (Wildman–Crippen MR) is 152 cm³/mol. The zero-order valence-corrected chi connectivity index (χ0v) is 19.2. The van der Waals surface area contributed by atoms with Gasteiger partial charge in [0, 0.05) is 11.4 Å². The van der Waals surface area contributed by atoms with Crippen molar-refractivity contribution in [2.75, 3.05) is 5.32 Å². The first-order valence-corrected chi connectivity index (χ1v) is 12.0. The van der Waals surface area contributed by atoms with Crippen molar-refractivity contribution in [3.05, 3.63) is 133 Å². The quantitative estimate of drug-likeness (QED) is 0.267. The van der Waals surface area contributed by atoms with Gasteiger partial charge in [0.25, 0.3) is 0 Å². The van der Waals surface area contributed by atoms with E-state index in [-0.39, 0.29) is 0 Å². The Kier molecular flexibility index (Phi) is 4.53. The third-order valence-electron chi connectivity index (χ3n) is 7.02. The zero-order valence-electron chi connectivity index (χ0n) is 19.2. The van der Waals surface area contributed by atoms with Crippen molar-refractivity contribution in [2.24, 2.45) is 0 Å². The van der Waals surface area contributed by atoms with E-state index < -0.39 is 0 Å². The van der Waals surface area contributed by atoms with Crippen LogP contribution in [0.15, 0.2) is 133 Å². The number of fused-ring (bicyclic) bond motifs is 7. The van der Waals surface area contributed by atoms with E-state index in [2.05, 4.69) is 139 Å². The number of nitrogens with one attached hydrogen (secondary N) is 1. The van der Waals surface area contributed by atoms with Crippen molar-refractivity contribution in [3.8, 4) is 11.1 Å². The summed E-state index contributed by atoms with van der Waals surface area (Å²) < 4.78 is 0. The third-order valence-corrected chi connectivity index (χ3v) is 7.02. The highest BCUT2D eigenvalue weighted by atomic mass is 14.9. The molecule has 0 fully saturated rings.